The fraction of sp³-hybridized carbons (Fsp3) is 0.179. The number of aromatic nitrogens is 1. The Labute approximate surface area is 184 Å². The molecule has 156 valence electrons. The molecule has 0 aliphatic heterocycles. The molecule has 3 heteroatoms. The van der Waals surface area contributed by atoms with Gasteiger partial charge in [-0.3, -0.25) is 4.79 Å². The Morgan fingerprint density at radius 2 is 1.42 bits per heavy atom. The van der Waals surface area contributed by atoms with Crippen molar-refractivity contribution in [2.45, 2.75) is 33.5 Å². The van der Waals surface area contributed by atoms with Gasteiger partial charge < -0.3 is 9.47 Å². The molecule has 31 heavy (non-hydrogen) atoms. The Balaban J connectivity index is 1.63. The molecule has 0 aliphatic carbocycles. The summed E-state index contributed by atoms with van der Waals surface area (Å²) in [5.41, 5.74) is 6.58. The van der Waals surface area contributed by atoms with E-state index in [2.05, 4.69) is 66.2 Å². The van der Waals surface area contributed by atoms with E-state index < -0.39 is 0 Å². The quantitative estimate of drug-likeness (QED) is 0.368. The molecule has 0 N–H and O–H groups in total. The Hall–Kier alpha value is -3.59. The highest BCUT2D eigenvalue weighted by atomic mass is 16.2. The molecule has 0 bridgehead atoms. The fourth-order valence-electron chi connectivity index (χ4n) is 3.90. The van der Waals surface area contributed by atoms with E-state index in [9.17, 15) is 4.79 Å². The summed E-state index contributed by atoms with van der Waals surface area (Å²) >= 11 is 0. The third-order valence-electron chi connectivity index (χ3n) is 5.76. The first-order valence-electron chi connectivity index (χ1n) is 10.7. The Morgan fingerprint density at radius 1 is 0.742 bits per heavy atom. The minimum atomic E-state index is 0.0607. The number of carbonyl (C=O) groups is 1. The van der Waals surface area contributed by atoms with E-state index in [1.54, 1.807) is 0 Å². The second kappa shape index (κ2) is 9.48. The van der Waals surface area contributed by atoms with Gasteiger partial charge in [-0.05, 0) is 54.3 Å². The summed E-state index contributed by atoms with van der Waals surface area (Å²) in [6, 6.07) is 30.6. The largest absolute Gasteiger partial charge is 0.345 e. The van der Waals surface area contributed by atoms with Crippen LogP contribution in [0.4, 0.5) is 0 Å². The van der Waals surface area contributed by atoms with Crippen molar-refractivity contribution >= 4 is 5.91 Å². The number of aryl methyl sites for hydroxylation is 2. The molecule has 0 spiro atoms. The van der Waals surface area contributed by atoms with Gasteiger partial charge in [-0.1, -0.05) is 72.8 Å². The normalized spacial score (nSPS) is 10.8. The lowest BCUT2D eigenvalue weighted by Gasteiger charge is -2.25. The van der Waals surface area contributed by atoms with Gasteiger partial charge in [-0.2, -0.15) is 0 Å². The van der Waals surface area contributed by atoms with Crippen LogP contribution in [0.1, 0.15) is 38.3 Å². The van der Waals surface area contributed by atoms with Crippen LogP contribution < -0.4 is 0 Å². The van der Waals surface area contributed by atoms with Crippen LogP contribution in [-0.2, 0) is 19.6 Å². The van der Waals surface area contributed by atoms with Crippen molar-refractivity contribution in [3.63, 3.8) is 0 Å². The average molecular weight is 409 g/mol. The molecule has 1 amide bonds. The van der Waals surface area contributed by atoms with Gasteiger partial charge in [0.05, 0.1) is 6.54 Å². The number of hydrogen-bond donors (Lipinski definition) is 0. The van der Waals surface area contributed by atoms with E-state index in [0.717, 1.165) is 28.9 Å². The molecule has 0 saturated heterocycles. The van der Waals surface area contributed by atoms with Crippen LogP contribution in [0.15, 0.2) is 97.2 Å². The predicted octanol–water partition coefficient (Wildman–Crippen LogP) is 6.00. The van der Waals surface area contributed by atoms with Gasteiger partial charge in [0.2, 0.25) is 0 Å². The SMILES string of the molecule is Cc1ccccc1Cn1cccc1CN(Cc1ccccc1)C(=O)c1ccccc1C. The second-order valence-electron chi connectivity index (χ2n) is 8.02. The van der Waals surface area contributed by atoms with Gasteiger partial charge >= 0.3 is 0 Å². The first kappa shape index (κ1) is 20.7. The molecule has 1 heterocycles. The summed E-state index contributed by atoms with van der Waals surface area (Å²) in [4.78, 5) is 15.5. The number of rotatable bonds is 7. The van der Waals surface area contributed by atoms with E-state index in [1.807, 2.05) is 54.3 Å². The highest BCUT2D eigenvalue weighted by Crippen LogP contribution is 2.18. The molecule has 4 rings (SSSR count). The zero-order valence-electron chi connectivity index (χ0n) is 18.2. The smallest absolute Gasteiger partial charge is 0.254 e. The van der Waals surface area contributed by atoms with Crippen LogP contribution in [0.25, 0.3) is 0 Å². The third kappa shape index (κ3) is 4.95. The van der Waals surface area contributed by atoms with Gasteiger partial charge in [0.25, 0.3) is 5.91 Å². The van der Waals surface area contributed by atoms with Gasteiger partial charge in [0, 0.05) is 30.5 Å². The van der Waals surface area contributed by atoms with Gasteiger partial charge in [-0.15, -0.1) is 0 Å². The molecule has 0 radical (unpaired) electrons. The lowest BCUT2D eigenvalue weighted by Crippen LogP contribution is -2.31. The molecular formula is C28H28N2O. The summed E-state index contributed by atoms with van der Waals surface area (Å²) in [5.74, 6) is 0.0607. The summed E-state index contributed by atoms with van der Waals surface area (Å²) in [6.07, 6.45) is 2.10. The number of amides is 1. The third-order valence-corrected chi connectivity index (χ3v) is 5.76. The lowest BCUT2D eigenvalue weighted by atomic mass is 10.1. The minimum Gasteiger partial charge on any atom is -0.345 e. The Bertz CT molecular complexity index is 1160. The molecule has 4 aromatic rings. The fourth-order valence-corrected chi connectivity index (χ4v) is 3.90. The van der Waals surface area contributed by atoms with E-state index in [1.165, 1.54) is 11.1 Å². The minimum absolute atomic E-state index is 0.0607. The van der Waals surface area contributed by atoms with Gasteiger partial charge in [-0.25, -0.2) is 0 Å². The molecule has 3 aromatic carbocycles. The zero-order chi connectivity index (χ0) is 21.6. The standard InChI is InChI=1S/C28H28N2O/c1-22-11-6-8-15-25(22)20-29-18-10-16-26(29)21-30(19-24-13-4-3-5-14-24)28(31)27-17-9-7-12-23(27)2/h3-18H,19-21H2,1-2H3. The van der Waals surface area contributed by atoms with Crippen molar-refractivity contribution in [2.24, 2.45) is 0 Å². The van der Waals surface area contributed by atoms with Crippen molar-refractivity contribution in [3.05, 3.63) is 131 Å². The molecule has 0 unspecified atom stereocenters. The van der Waals surface area contributed by atoms with Gasteiger partial charge in [0.1, 0.15) is 0 Å². The lowest BCUT2D eigenvalue weighted by molar-refractivity contribution is 0.0725. The van der Waals surface area contributed by atoms with Crippen LogP contribution in [0, 0.1) is 13.8 Å². The van der Waals surface area contributed by atoms with Crippen LogP contribution >= 0.6 is 0 Å². The number of benzene rings is 3. The first-order valence-corrected chi connectivity index (χ1v) is 10.7. The van der Waals surface area contributed by atoms with Crippen LogP contribution in [-0.4, -0.2) is 15.4 Å². The summed E-state index contributed by atoms with van der Waals surface area (Å²) in [7, 11) is 0. The van der Waals surface area contributed by atoms with Crippen molar-refractivity contribution < 1.29 is 4.79 Å². The summed E-state index contributed by atoms with van der Waals surface area (Å²) < 4.78 is 2.24. The second-order valence-corrected chi connectivity index (χ2v) is 8.02. The van der Waals surface area contributed by atoms with E-state index in [4.69, 9.17) is 0 Å². The van der Waals surface area contributed by atoms with E-state index >= 15 is 0 Å². The molecule has 0 fully saturated rings. The number of nitrogens with zero attached hydrogens (tertiary/aromatic N) is 2. The molecule has 0 aliphatic rings. The highest BCUT2D eigenvalue weighted by molar-refractivity contribution is 5.95. The molecular weight excluding hydrogens is 380 g/mol. The topological polar surface area (TPSA) is 25.2 Å². The van der Waals surface area contributed by atoms with Crippen LogP contribution in [0.3, 0.4) is 0 Å². The maximum atomic E-state index is 13.5. The van der Waals surface area contributed by atoms with E-state index in [0.29, 0.717) is 13.1 Å². The first-order chi connectivity index (χ1) is 15.1. The zero-order valence-corrected chi connectivity index (χ0v) is 18.2. The Morgan fingerprint density at radius 3 is 2.16 bits per heavy atom. The van der Waals surface area contributed by atoms with Gasteiger partial charge in [0.15, 0.2) is 0 Å². The monoisotopic (exact) mass is 408 g/mol. The molecule has 3 nitrogen and oxygen atoms in total. The van der Waals surface area contributed by atoms with Crippen LogP contribution in [0.5, 0.6) is 0 Å². The molecule has 0 atom stereocenters. The molecule has 0 saturated carbocycles. The van der Waals surface area contributed by atoms with Crippen LogP contribution in [0.2, 0.25) is 0 Å². The maximum absolute atomic E-state index is 13.5. The Kier molecular flexibility index (Phi) is 6.32. The number of hydrogen-bond acceptors (Lipinski definition) is 1. The average Bonchev–Trinajstić information content (AvgIpc) is 3.22. The maximum Gasteiger partial charge on any atom is 0.254 e. The summed E-state index contributed by atoms with van der Waals surface area (Å²) in [5, 5.41) is 0. The molecule has 1 aromatic heterocycles. The van der Waals surface area contributed by atoms with Crippen molar-refractivity contribution in [2.75, 3.05) is 0 Å². The number of carbonyl (C=O) groups excluding carboxylic acids is 1. The van der Waals surface area contributed by atoms with E-state index in [-0.39, 0.29) is 5.91 Å². The predicted molar refractivity (Wildman–Crippen MR) is 126 cm³/mol. The van der Waals surface area contributed by atoms with Crippen molar-refractivity contribution in [1.29, 1.82) is 0 Å². The van der Waals surface area contributed by atoms with Crippen molar-refractivity contribution in [1.82, 2.24) is 9.47 Å². The summed E-state index contributed by atoms with van der Waals surface area (Å²) in [6.45, 7) is 6.06. The highest BCUT2D eigenvalue weighted by Gasteiger charge is 2.19. The van der Waals surface area contributed by atoms with Crippen molar-refractivity contribution in [3.8, 4) is 0 Å².